The number of nitrogens with zero attached hydrogens (tertiary/aromatic N) is 1. The van der Waals surface area contributed by atoms with Crippen LogP contribution in [0.5, 0.6) is 0 Å². The molecule has 10 aromatic carbocycles. The van der Waals surface area contributed by atoms with E-state index in [1.807, 2.05) is 11.3 Å². The maximum Gasteiger partial charge on any atom is 0.0465 e. The van der Waals surface area contributed by atoms with Gasteiger partial charge in [0.25, 0.3) is 0 Å². The highest BCUT2D eigenvalue weighted by molar-refractivity contribution is 7.25. The third-order valence-electron chi connectivity index (χ3n) is 13.1. The van der Waals surface area contributed by atoms with Gasteiger partial charge in [-0.15, -0.1) is 11.3 Å². The number of fused-ring (bicyclic) bond motifs is 9. The minimum atomic E-state index is -0.114. The molecule has 0 saturated heterocycles. The normalized spacial score (nSPS) is 12.9. The van der Waals surface area contributed by atoms with Crippen LogP contribution in [-0.2, 0) is 5.41 Å². The Balaban J connectivity index is 1.01. The first-order chi connectivity index (χ1) is 30.0. The highest BCUT2D eigenvalue weighted by atomic mass is 32.1. The van der Waals surface area contributed by atoms with E-state index >= 15 is 0 Å². The summed E-state index contributed by atoms with van der Waals surface area (Å²) >= 11 is 1.86. The van der Waals surface area contributed by atoms with Crippen molar-refractivity contribution in [2.24, 2.45) is 0 Å². The lowest BCUT2D eigenvalue weighted by atomic mass is 9.82. The van der Waals surface area contributed by atoms with Gasteiger partial charge in [-0.05, 0) is 132 Å². The van der Waals surface area contributed by atoms with E-state index in [2.05, 4.69) is 231 Å². The largest absolute Gasteiger partial charge is 0.310 e. The quantitative estimate of drug-likeness (QED) is 0.152. The zero-order valence-electron chi connectivity index (χ0n) is 34.1. The maximum atomic E-state index is 2.43. The molecule has 0 fully saturated rings. The summed E-state index contributed by atoms with van der Waals surface area (Å²) in [6.07, 6.45) is 0. The van der Waals surface area contributed by atoms with Gasteiger partial charge in [0.15, 0.2) is 0 Å². The van der Waals surface area contributed by atoms with Crippen LogP contribution in [0.3, 0.4) is 0 Å². The predicted molar refractivity (Wildman–Crippen MR) is 263 cm³/mol. The van der Waals surface area contributed by atoms with Gasteiger partial charge in [-0.1, -0.05) is 172 Å². The number of hydrogen-bond donors (Lipinski definition) is 0. The van der Waals surface area contributed by atoms with Crippen molar-refractivity contribution in [1.82, 2.24) is 0 Å². The summed E-state index contributed by atoms with van der Waals surface area (Å²) in [5, 5.41) is 7.71. The van der Waals surface area contributed by atoms with Crippen molar-refractivity contribution in [3.63, 3.8) is 0 Å². The molecule has 2 heteroatoms. The van der Waals surface area contributed by atoms with Gasteiger partial charge in [-0.25, -0.2) is 0 Å². The minimum Gasteiger partial charge on any atom is -0.310 e. The van der Waals surface area contributed by atoms with Crippen molar-refractivity contribution in [3.05, 3.63) is 223 Å². The number of benzene rings is 10. The van der Waals surface area contributed by atoms with Crippen LogP contribution in [0.2, 0.25) is 0 Å². The first-order valence-corrected chi connectivity index (χ1v) is 22.0. The molecule has 1 heterocycles. The Hall–Kier alpha value is -7.26. The van der Waals surface area contributed by atoms with E-state index in [0.717, 1.165) is 17.1 Å². The predicted octanol–water partition coefficient (Wildman–Crippen LogP) is 17.1. The third-order valence-corrected chi connectivity index (χ3v) is 14.2. The molecule has 1 aromatic heterocycles. The van der Waals surface area contributed by atoms with Crippen molar-refractivity contribution in [3.8, 4) is 44.5 Å². The van der Waals surface area contributed by atoms with Gasteiger partial charge in [0.1, 0.15) is 0 Å². The highest BCUT2D eigenvalue weighted by Crippen LogP contribution is 2.51. The summed E-state index contributed by atoms with van der Waals surface area (Å²) in [5.74, 6) is 0. The molecule has 1 nitrogen and oxygen atoms in total. The fraction of sp³-hybridized carbons (Fsp3) is 0.0508. The van der Waals surface area contributed by atoms with Crippen molar-refractivity contribution in [2.45, 2.75) is 19.3 Å². The average molecular weight is 796 g/mol. The molecule has 1 aliphatic carbocycles. The van der Waals surface area contributed by atoms with Crippen molar-refractivity contribution >= 4 is 70.1 Å². The molecule has 0 N–H and O–H groups in total. The Morgan fingerprint density at radius 2 is 0.820 bits per heavy atom. The fourth-order valence-corrected chi connectivity index (χ4v) is 11.2. The SMILES string of the molecule is CC1(C)c2ccccc2-c2ccc(N(c3ccc(-c4ccc5sc6ccccc6c5c4)cc3)c3ccc(-c4c(-c5ccccc5)c5ccccc5c5ccccc45)cc3)cc21. The number of anilines is 3. The monoisotopic (exact) mass is 795 g/mol. The van der Waals surface area contributed by atoms with E-state index in [9.17, 15) is 0 Å². The molecule has 288 valence electrons. The summed E-state index contributed by atoms with van der Waals surface area (Å²) in [4.78, 5) is 2.43. The standard InChI is InChI=1S/C59H41NS/c1-59(2)53-22-12-10-18-47(53)48-34-33-44(37-54(48)59)60(42-29-24-38(25-30-42)41-28-35-56-52(36-41)49-19-11-13-23-55(49)61-56)43-31-26-40(27-32-43)58-51-21-9-7-17-46(51)45-16-6-8-20-50(45)57(58)39-14-4-3-5-15-39/h3-37H,1-2H3. The number of thiophene rings is 1. The molecule has 0 spiro atoms. The van der Waals surface area contributed by atoms with Crippen molar-refractivity contribution < 1.29 is 0 Å². The van der Waals surface area contributed by atoms with Crippen LogP contribution < -0.4 is 4.90 Å². The van der Waals surface area contributed by atoms with Crippen LogP contribution in [0.1, 0.15) is 25.0 Å². The number of hydrogen-bond acceptors (Lipinski definition) is 2. The molecule has 0 unspecified atom stereocenters. The van der Waals surface area contributed by atoms with Crippen molar-refractivity contribution in [1.29, 1.82) is 0 Å². The lowest BCUT2D eigenvalue weighted by Gasteiger charge is -2.28. The Morgan fingerprint density at radius 1 is 0.328 bits per heavy atom. The summed E-state index contributed by atoms with van der Waals surface area (Å²) in [6.45, 7) is 4.72. The number of rotatable bonds is 6. The second-order valence-corrected chi connectivity index (χ2v) is 17.9. The molecular weight excluding hydrogens is 755 g/mol. The van der Waals surface area contributed by atoms with Crippen LogP contribution in [0.4, 0.5) is 17.1 Å². The van der Waals surface area contributed by atoms with Gasteiger partial charge < -0.3 is 4.90 Å². The second kappa shape index (κ2) is 13.9. The Bertz CT molecular complexity index is 3480. The lowest BCUT2D eigenvalue weighted by Crippen LogP contribution is -2.16. The van der Waals surface area contributed by atoms with Crippen LogP contribution >= 0.6 is 11.3 Å². The van der Waals surface area contributed by atoms with Gasteiger partial charge in [0, 0.05) is 42.6 Å². The van der Waals surface area contributed by atoms with E-state index in [0.29, 0.717) is 0 Å². The fourth-order valence-electron chi connectivity index (χ4n) is 10.1. The Kier molecular flexibility index (Phi) is 8.13. The summed E-state index contributed by atoms with van der Waals surface area (Å²) in [6, 6.07) is 78.7. The summed E-state index contributed by atoms with van der Waals surface area (Å²) in [7, 11) is 0. The van der Waals surface area contributed by atoms with Crippen LogP contribution in [0.25, 0.3) is 86.2 Å². The van der Waals surface area contributed by atoms with Crippen LogP contribution in [0.15, 0.2) is 212 Å². The molecule has 61 heavy (non-hydrogen) atoms. The van der Waals surface area contributed by atoms with E-state index < -0.39 is 0 Å². The first-order valence-electron chi connectivity index (χ1n) is 21.2. The van der Waals surface area contributed by atoms with E-state index in [4.69, 9.17) is 0 Å². The lowest BCUT2D eigenvalue weighted by molar-refractivity contribution is 0.660. The third kappa shape index (κ3) is 5.67. The average Bonchev–Trinajstić information content (AvgIpc) is 3.80. The molecule has 0 radical (unpaired) electrons. The molecule has 1 aliphatic rings. The zero-order valence-corrected chi connectivity index (χ0v) is 34.9. The van der Waals surface area contributed by atoms with Crippen molar-refractivity contribution in [2.75, 3.05) is 4.90 Å². The van der Waals surface area contributed by atoms with Gasteiger partial charge in [-0.3, -0.25) is 0 Å². The highest BCUT2D eigenvalue weighted by Gasteiger charge is 2.35. The summed E-state index contributed by atoms with van der Waals surface area (Å²) in [5.41, 5.74) is 16.0. The summed E-state index contributed by atoms with van der Waals surface area (Å²) < 4.78 is 2.66. The molecule has 12 rings (SSSR count). The molecule has 0 amide bonds. The molecular formula is C59H41NS. The van der Waals surface area contributed by atoms with Gasteiger partial charge in [-0.2, -0.15) is 0 Å². The van der Waals surface area contributed by atoms with E-state index in [1.165, 1.54) is 97.4 Å². The molecule has 0 atom stereocenters. The Morgan fingerprint density at radius 3 is 1.51 bits per heavy atom. The van der Waals surface area contributed by atoms with Crippen LogP contribution in [0, 0.1) is 0 Å². The zero-order chi connectivity index (χ0) is 40.7. The second-order valence-electron chi connectivity index (χ2n) is 16.8. The smallest absolute Gasteiger partial charge is 0.0465 e. The van der Waals surface area contributed by atoms with Crippen LogP contribution in [-0.4, -0.2) is 0 Å². The maximum absolute atomic E-state index is 2.43. The first kappa shape index (κ1) is 35.7. The minimum absolute atomic E-state index is 0.114. The van der Waals surface area contributed by atoms with E-state index in [-0.39, 0.29) is 5.41 Å². The van der Waals surface area contributed by atoms with E-state index in [1.54, 1.807) is 0 Å². The van der Waals surface area contributed by atoms with Gasteiger partial charge in [0.05, 0.1) is 0 Å². The molecule has 11 aromatic rings. The molecule has 0 bridgehead atoms. The van der Waals surface area contributed by atoms with Gasteiger partial charge in [0.2, 0.25) is 0 Å². The topological polar surface area (TPSA) is 3.24 Å². The molecule has 0 saturated carbocycles. The van der Waals surface area contributed by atoms with Gasteiger partial charge >= 0.3 is 0 Å². The Labute approximate surface area is 360 Å². The molecule has 0 aliphatic heterocycles.